The van der Waals surface area contributed by atoms with E-state index in [1.54, 1.807) is 13.1 Å². The number of nitrogens with zero attached hydrogens (tertiary/aromatic N) is 2. The Bertz CT molecular complexity index is 399. The van der Waals surface area contributed by atoms with E-state index < -0.39 is 6.10 Å². The molecule has 3 heteroatoms. The van der Waals surface area contributed by atoms with E-state index in [1.807, 2.05) is 12.1 Å². The summed E-state index contributed by atoms with van der Waals surface area (Å²) in [6.45, 7) is 5.81. The summed E-state index contributed by atoms with van der Waals surface area (Å²) >= 11 is 0. The van der Waals surface area contributed by atoms with Gasteiger partial charge in [-0.3, -0.25) is 0 Å². The summed E-state index contributed by atoms with van der Waals surface area (Å²) in [5.41, 5.74) is 2.28. The lowest BCUT2D eigenvalue weighted by molar-refractivity contribution is 0.199. The molecule has 1 aliphatic rings. The second kappa shape index (κ2) is 4.66. The van der Waals surface area contributed by atoms with Crippen molar-refractivity contribution in [1.82, 2.24) is 4.98 Å². The van der Waals surface area contributed by atoms with Crippen LogP contribution < -0.4 is 4.90 Å². The molecule has 3 nitrogen and oxygen atoms in total. The summed E-state index contributed by atoms with van der Waals surface area (Å²) in [4.78, 5) is 6.63. The molecule has 0 amide bonds. The summed E-state index contributed by atoms with van der Waals surface area (Å²) in [6, 6.07) is 3.82. The van der Waals surface area contributed by atoms with Gasteiger partial charge in [-0.25, -0.2) is 4.98 Å². The maximum atomic E-state index is 9.72. The number of aromatic nitrogens is 1. The Labute approximate surface area is 96.4 Å². The summed E-state index contributed by atoms with van der Waals surface area (Å²) in [5.74, 6) is 0.921. The van der Waals surface area contributed by atoms with Gasteiger partial charge < -0.3 is 10.0 Å². The molecule has 1 aromatic heterocycles. The van der Waals surface area contributed by atoms with Gasteiger partial charge >= 0.3 is 0 Å². The van der Waals surface area contributed by atoms with Gasteiger partial charge in [-0.1, -0.05) is 17.7 Å². The van der Waals surface area contributed by atoms with Crippen molar-refractivity contribution in [3.05, 3.63) is 35.5 Å². The number of pyridine rings is 1. The molecular formula is C13H18N2O. The molecule has 1 N–H and O–H groups in total. The summed E-state index contributed by atoms with van der Waals surface area (Å²) in [7, 11) is 0. The Hall–Kier alpha value is -1.35. The molecule has 86 valence electrons. The first-order valence-corrected chi connectivity index (χ1v) is 5.72. The number of aliphatic hydroxyl groups is 1. The van der Waals surface area contributed by atoms with Crippen LogP contribution in [0.2, 0.25) is 0 Å². The van der Waals surface area contributed by atoms with E-state index in [0.29, 0.717) is 0 Å². The van der Waals surface area contributed by atoms with Crippen molar-refractivity contribution in [2.45, 2.75) is 26.4 Å². The molecule has 1 aromatic rings. The van der Waals surface area contributed by atoms with Gasteiger partial charge in [-0.05, 0) is 26.3 Å². The molecule has 0 unspecified atom stereocenters. The maximum Gasteiger partial charge on any atom is 0.134 e. The lowest BCUT2D eigenvalue weighted by Gasteiger charge is -2.29. The van der Waals surface area contributed by atoms with Gasteiger partial charge in [0.05, 0.1) is 6.10 Å². The van der Waals surface area contributed by atoms with Crippen LogP contribution in [0, 0.1) is 0 Å². The predicted molar refractivity (Wildman–Crippen MR) is 65.5 cm³/mol. The molecule has 1 atom stereocenters. The summed E-state index contributed by atoms with van der Waals surface area (Å²) in [6.07, 6.45) is 4.65. The van der Waals surface area contributed by atoms with E-state index in [1.165, 1.54) is 5.57 Å². The third-order valence-corrected chi connectivity index (χ3v) is 2.90. The summed E-state index contributed by atoms with van der Waals surface area (Å²) in [5, 5.41) is 9.72. The van der Waals surface area contributed by atoms with Gasteiger partial charge in [0.2, 0.25) is 0 Å². The first-order chi connectivity index (χ1) is 7.68. The molecule has 16 heavy (non-hydrogen) atoms. The van der Waals surface area contributed by atoms with Crippen molar-refractivity contribution in [1.29, 1.82) is 0 Å². The van der Waals surface area contributed by atoms with Crippen LogP contribution in [0.3, 0.4) is 0 Å². The highest BCUT2D eigenvalue weighted by Crippen LogP contribution is 2.25. The van der Waals surface area contributed by atoms with Crippen LogP contribution in [-0.4, -0.2) is 23.2 Å². The zero-order valence-electron chi connectivity index (χ0n) is 9.85. The number of anilines is 1. The van der Waals surface area contributed by atoms with E-state index in [4.69, 9.17) is 0 Å². The lowest BCUT2D eigenvalue weighted by atomic mass is 10.1. The molecule has 0 spiro atoms. The second-order valence-corrected chi connectivity index (χ2v) is 4.35. The summed E-state index contributed by atoms with van der Waals surface area (Å²) < 4.78 is 0. The Morgan fingerprint density at radius 3 is 3.00 bits per heavy atom. The van der Waals surface area contributed by atoms with Gasteiger partial charge in [0, 0.05) is 24.8 Å². The molecule has 2 rings (SSSR count). The quantitative estimate of drug-likeness (QED) is 0.774. The Kier molecular flexibility index (Phi) is 3.25. The zero-order valence-corrected chi connectivity index (χ0v) is 9.85. The maximum absolute atomic E-state index is 9.72. The number of rotatable bonds is 2. The van der Waals surface area contributed by atoms with Crippen LogP contribution >= 0.6 is 0 Å². The topological polar surface area (TPSA) is 36.4 Å². The molecule has 0 aromatic carbocycles. The van der Waals surface area contributed by atoms with Crippen LogP contribution in [0.4, 0.5) is 5.82 Å². The van der Waals surface area contributed by atoms with Gasteiger partial charge in [-0.2, -0.15) is 0 Å². The molecule has 0 saturated heterocycles. The monoisotopic (exact) mass is 218 g/mol. The highest BCUT2D eigenvalue weighted by molar-refractivity contribution is 5.49. The van der Waals surface area contributed by atoms with E-state index in [-0.39, 0.29) is 0 Å². The largest absolute Gasteiger partial charge is 0.389 e. The predicted octanol–water partition coefficient (Wildman–Crippen LogP) is 2.29. The zero-order chi connectivity index (χ0) is 11.5. The van der Waals surface area contributed by atoms with E-state index >= 15 is 0 Å². The Morgan fingerprint density at radius 1 is 1.50 bits per heavy atom. The minimum Gasteiger partial charge on any atom is -0.389 e. The highest BCUT2D eigenvalue weighted by Gasteiger charge is 2.17. The van der Waals surface area contributed by atoms with Crippen molar-refractivity contribution in [2.24, 2.45) is 0 Å². The van der Waals surface area contributed by atoms with E-state index in [2.05, 4.69) is 22.9 Å². The molecule has 0 saturated carbocycles. The Balaban J connectivity index is 2.29. The molecule has 0 fully saturated rings. The molecule has 2 heterocycles. The first-order valence-electron chi connectivity index (χ1n) is 5.72. The smallest absolute Gasteiger partial charge is 0.134 e. The van der Waals surface area contributed by atoms with Crippen LogP contribution in [0.5, 0.6) is 0 Å². The van der Waals surface area contributed by atoms with Crippen LogP contribution in [0.1, 0.15) is 31.9 Å². The van der Waals surface area contributed by atoms with Crippen molar-refractivity contribution < 1.29 is 5.11 Å². The second-order valence-electron chi connectivity index (χ2n) is 4.35. The minimum atomic E-state index is -0.463. The lowest BCUT2D eigenvalue weighted by Crippen LogP contribution is -2.31. The SMILES string of the molecule is CC1=CCCN(c2ncccc2[C@@H](C)O)C1. The van der Waals surface area contributed by atoms with Crippen molar-refractivity contribution in [2.75, 3.05) is 18.0 Å². The molecule has 0 radical (unpaired) electrons. The third-order valence-electron chi connectivity index (χ3n) is 2.90. The fourth-order valence-corrected chi connectivity index (χ4v) is 2.09. The standard InChI is InChI=1S/C13H18N2O/c1-10-5-4-8-15(9-10)13-12(11(2)16)6-3-7-14-13/h3,5-7,11,16H,4,8-9H2,1-2H3/t11-/m1/s1. The Morgan fingerprint density at radius 2 is 2.31 bits per heavy atom. The van der Waals surface area contributed by atoms with Crippen molar-refractivity contribution in [3.63, 3.8) is 0 Å². The number of hydrogen-bond acceptors (Lipinski definition) is 3. The minimum absolute atomic E-state index is 0.463. The molecule has 1 aliphatic heterocycles. The van der Waals surface area contributed by atoms with Gasteiger partial charge in [0.15, 0.2) is 0 Å². The van der Waals surface area contributed by atoms with Crippen LogP contribution in [0.25, 0.3) is 0 Å². The third kappa shape index (κ3) is 2.25. The van der Waals surface area contributed by atoms with Gasteiger partial charge in [-0.15, -0.1) is 0 Å². The molecule has 0 bridgehead atoms. The van der Waals surface area contributed by atoms with Gasteiger partial charge in [0.1, 0.15) is 5.82 Å². The van der Waals surface area contributed by atoms with E-state index in [0.717, 1.165) is 30.9 Å². The number of hydrogen-bond donors (Lipinski definition) is 1. The van der Waals surface area contributed by atoms with Crippen molar-refractivity contribution >= 4 is 5.82 Å². The van der Waals surface area contributed by atoms with E-state index in [9.17, 15) is 5.11 Å². The van der Waals surface area contributed by atoms with Crippen molar-refractivity contribution in [3.8, 4) is 0 Å². The highest BCUT2D eigenvalue weighted by atomic mass is 16.3. The fraction of sp³-hybridized carbons (Fsp3) is 0.462. The molecule has 0 aliphatic carbocycles. The van der Waals surface area contributed by atoms with Crippen LogP contribution in [-0.2, 0) is 0 Å². The fourth-order valence-electron chi connectivity index (χ4n) is 2.09. The van der Waals surface area contributed by atoms with Crippen LogP contribution in [0.15, 0.2) is 30.0 Å². The van der Waals surface area contributed by atoms with Gasteiger partial charge in [0.25, 0.3) is 0 Å². The first kappa shape index (κ1) is 11.1. The normalized spacial score (nSPS) is 18.2. The average Bonchev–Trinajstić information content (AvgIpc) is 2.29. The average molecular weight is 218 g/mol. The number of aliphatic hydroxyl groups excluding tert-OH is 1. The molecular weight excluding hydrogens is 200 g/mol.